The van der Waals surface area contributed by atoms with Crippen molar-refractivity contribution in [2.45, 2.75) is 43.1 Å². The number of fused-ring (bicyclic) bond motifs is 1. The molecule has 37 heavy (non-hydrogen) atoms. The van der Waals surface area contributed by atoms with Gasteiger partial charge in [0.25, 0.3) is 5.91 Å². The van der Waals surface area contributed by atoms with Gasteiger partial charge in [-0.25, -0.2) is 4.68 Å². The molecular weight excluding hydrogens is 546 g/mol. The minimum Gasteiger partial charge on any atom is -0.481 e. The third-order valence-corrected chi connectivity index (χ3v) is 8.80. The van der Waals surface area contributed by atoms with E-state index in [9.17, 15) is 19.5 Å². The number of β-lactam (4-membered cyclic amide) rings is 1. The van der Waals surface area contributed by atoms with Crippen LogP contribution in [0.4, 0.5) is 5.13 Å². The average Bonchev–Trinajstić information content (AvgIpc) is 3.49. The highest BCUT2D eigenvalue weighted by Gasteiger charge is 2.57. The predicted molar refractivity (Wildman–Crippen MR) is 135 cm³/mol. The van der Waals surface area contributed by atoms with Crippen LogP contribution in [0.25, 0.3) is 0 Å². The number of carbonyl (C=O) groups is 3. The van der Waals surface area contributed by atoms with E-state index in [1.165, 1.54) is 33.1 Å². The first-order chi connectivity index (χ1) is 17.6. The monoisotopic (exact) mass is 571 g/mol. The lowest BCUT2D eigenvalue weighted by molar-refractivity contribution is -0.157. The van der Waals surface area contributed by atoms with Gasteiger partial charge in [-0.3, -0.25) is 14.4 Å². The maximum absolute atomic E-state index is 13.0. The SMILES string of the molecule is CC(C)ON=C(C(=O)NC1C(=O)N2CC(CSc3nnnn3CCN)(C(=O)O)CS[C@H]12)c1nsc(N)n1. The smallest absolute Gasteiger partial charge is 0.313 e. The van der Waals surface area contributed by atoms with Gasteiger partial charge in [-0.05, 0) is 24.3 Å². The van der Waals surface area contributed by atoms with Crippen molar-refractivity contribution in [1.29, 1.82) is 0 Å². The topological polar surface area (TPSA) is 230 Å². The zero-order chi connectivity index (χ0) is 26.7. The molecule has 3 atom stereocenters. The molecule has 2 fully saturated rings. The minimum atomic E-state index is -1.23. The number of carbonyl (C=O) groups excluding carboxylic acids is 2. The number of rotatable bonds is 11. The zero-order valence-electron chi connectivity index (χ0n) is 19.8. The quantitative estimate of drug-likeness (QED) is 0.104. The number of carboxylic acids is 1. The molecule has 16 nitrogen and oxygen atoms in total. The Kier molecular flexibility index (Phi) is 8.14. The van der Waals surface area contributed by atoms with Gasteiger partial charge >= 0.3 is 5.97 Å². The molecule has 6 N–H and O–H groups in total. The van der Waals surface area contributed by atoms with Crippen molar-refractivity contribution in [2.75, 3.05) is 30.3 Å². The Morgan fingerprint density at radius 1 is 1.43 bits per heavy atom. The summed E-state index contributed by atoms with van der Waals surface area (Å²) >= 11 is 3.37. The van der Waals surface area contributed by atoms with Crippen LogP contribution in [0.15, 0.2) is 10.3 Å². The summed E-state index contributed by atoms with van der Waals surface area (Å²) in [4.78, 5) is 48.9. The Morgan fingerprint density at radius 3 is 2.86 bits per heavy atom. The summed E-state index contributed by atoms with van der Waals surface area (Å²) in [7, 11) is 0. The first-order valence-electron chi connectivity index (χ1n) is 11.0. The van der Waals surface area contributed by atoms with Crippen LogP contribution in [0, 0.1) is 5.41 Å². The van der Waals surface area contributed by atoms with E-state index in [-0.39, 0.29) is 40.8 Å². The molecule has 0 spiro atoms. The van der Waals surface area contributed by atoms with Crippen molar-refractivity contribution in [3.05, 3.63) is 5.82 Å². The van der Waals surface area contributed by atoms with Gasteiger partial charge in [0.1, 0.15) is 22.9 Å². The summed E-state index contributed by atoms with van der Waals surface area (Å²) in [6.45, 7) is 4.18. The van der Waals surface area contributed by atoms with E-state index in [1.807, 2.05) is 0 Å². The maximum Gasteiger partial charge on any atom is 0.313 e. The van der Waals surface area contributed by atoms with Gasteiger partial charge in [0.15, 0.2) is 5.13 Å². The van der Waals surface area contributed by atoms with Gasteiger partial charge in [-0.1, -0.05) is 16.9 Å². The summed E-state index contributed by atoms with van der Waals surface area (Å²) in [5, 5.41) is 28.1. The molecule has 0 radical (unpaired) electrons. The Labute approximate surface area is 223 Å². The van der Waals surface area contributed by atoms with E-state index < -0.39 is 34.6 Å². The van der Waals surface area contributed by atoms with Crippen molar-refractivity contribution < 1.29 is 24.3 Å². The predicted octanol–water partition coefficient (Wildman–Crippen LogP) is -1.54. The number of aromatic nitrogens is 6. The van der Waals surface area contributed by atoms with Crippen LogP contribution in [0.2, 0.25) is 0 Å². The molecule has 19 heteroatoms. The number of amides is 2. The molecule has 2 aliphatic rings. The minimum absolute atomic E-state index is 0.0144. The number of nitrogens with two attached hydrogens (primary N) is 2. The second kappa shape index (κ2) is 11.2. The van der Waals surface area contributed by atoms with E-state index >= 15 is 0 Å². The first-order valence-corrected chi connectivity index (χ1v) is 13.8. The van der Waals surface area contributed by atoms with Gasteiger partial charge < -0.3 is 31.6 Å². The van der Waals surface area contributed by atoms with Crippen molar-refractivity contribution in [3.8, 4) is 0 Å². The molecule has 200 valence electrons. The number of hydrogen-bond acceptors (Lipinski definition) is 15. The Hall–Kier alpha value is -3.03. The second-order valence-corrected chi connectivity index (χ2v) is 11.3. The lowest BCUT2D eigenvalue weighted by Crippen LogP contribution is -2.74. The standard InChI is InChI=1S/C18H25N11O5S3/c1-8(2)34-24-9(11-22-16(20)37-25-11)12(30)21-10-13(31)28-5-18(15(32)33,6-35-14(10)28)7-36-17-23-26-27-29(17)4-3-19/h8,10,14H,3-7,19H2,1-2H3,(H,21,30)(H,32,33)(H2,20,22,25)/t10?,14-,18?/m1/s1. The number of thioether (sulfide) groups is 2. The van der Waals surface area contributed by atoms with Crippen LogP contribution in [-0.2, 0) is 25.8 Å². The van der Waals surface area contributed by atoms with Crippen LogP contribution in [0.3, 0.4) is 0 Å². The lowest BCUT2D eigenvalue weighted by atomic mass is 9.89. The van der Waals surface area contributed by atoms with Crippen molar-refractivity contribution in [1.82, 2.24) is 39.8 Å². The summed E-state index contributed by atoms with van der Waals surface area (Å²) in [5.41, 5.74) is 9.77. The molecule has 0 aliphatic carbocycles. The number of carboxylic acid groups (broad SMARTS) is 1. The van der Waals surface area contributed by atoms with Crippen LogP contribution in [-0.4, -0.2) is 105 Å². The van der Waals surface area contributed by atoms with Crippen molar-refractivity contribution >= 4 is 63.7 Å². The molecule has 0 saturated carbocycles. The van der Waals surface area contributed by atoms with E-state index in [0.717, 1.165) is 11.5 Å². The average molecular weight is 572 g/mol. The number of nitrogen functional groups attached to an aromatic ring is 1. The molecular formula is C18H25N11O5S3. The van der Waals surface area contributed by atoms with Crippen LogP contribution in [0.5, 0.6) is 0 Å². The van der Waals surface area contributed by atoms with Gasteiger partial charge in [-0.15, -0.1) is 16.9 Å². The molecule has 2 amide bonds. The highest BCUT2D eigenvalue weighted by molar-refractivity contribution is 8.00. The number of aliphatic carboxylic acids is 1. The summed E-state index contributed by atoms with van der Waals surface area (Å²) in [6, 6.07) is -0.867. The van der Waals surface area contributed by atoms with E-state index in [1.54, 1.807) is 13.8 Å². The Balaban J connectivity index is 1.43. The maximum atomic E-state index is 13.0. The third-order valence-electron chi connectivity index (χ3n) is 5.43. The van der Waals surface area contributed by atoms with Crippen LogP contribution < -0.4 is 16.8 Å². The first kappa shape index (κ1) is 27.0. The molecule has 0 bridgehead atoms. The van der Waals surface area contributed by atoms with E-state index in [4.69, 9.17) is 16.3 Å². The number of nitrogens with zero attached hydrogens (tertiary/aromatic N) is 8. The van der Waals surface area contributed by atoms with Gasteiger partial charge in [0, 0.05) is 36.1 Å². The largest absolute Gasteiger partial charge is 0.481 e. The van der Waals surface area contributed by atoms with Crippen LogP contribution in [0.1, 0.15) is 19.7 Å². The normalized spacial score (nSPS) is 23.5. The molecule has 0 aromatic carbocycles. The lowest BCUT2D eigenvalue weighted by Gasteiger charge is -2.53. The third kappa shape index (κ3) is 5.63. The van der Waals surface area contributed by atoms with E-state index in [0.29, 0.717) is 18.2 Å². The fraction of sp³-hybridized carbons (Fsp3) is 0.611. The van der Waals surface area contributed by atoms with Gasteiger partial charge in [0.2, 0.25) is 22.6 Å². The molecule has 2 aromatic heterocycles. The highest BCUT2D eigenvalue weighted by Crippen LogP contribution is 2.44. The van der Waals surface area contributed by atoms with Gasteiger partial charge in [-0.2, -0.15) is 9.36 Å². The van der Waals surface area contributed by atoms with Gasteiger partial charge in [0.05, 0.1) is 6.54 Å². The fourth-order valence-corrected chi connectivity index (χ4v) is 6.75. The second-order valence-electron chi connectivity index (χ2n) is 8.52. The van der Waals surface area contributed by atoms with E-state index in [2.05, 4.69) is 35.4 Å². The molecule has 2 saturated heterocycles. The molecule has 4 rings (SSSR count). The highest BCUT2D eigenvalue weighted by atomic mass is 32.2. The molecule has 2 unspecified atom stereocenters. The summed E-state index contributed by atoms with van der Waals surface area (Å²) in [6.07, 6.45) is -0.310. The van der Waals surface area contributed by atoms with Crippen molar-refractivity contribution in [2.24, 2.45) is 16.3 Å². The number of oxime groups is 1. The van der Waals surface area contributed by atoms with Crippen LogP contribution >= 0.6 is 35.1 Å². The number of hydrogen-bond donors (Lipinski definition) is 4. The number of tetrazole rings is 1. The number of anilines is 1. The zero-order valence-corrected chi connectivity index (χ0v) is 22.3. The molecule has 2 aliphatic heterocycles. The fourth-order valence-electron chi connectivity index (χ4n) is 3.55. The summed E-state index contributed by atoms with van der Waals surface area (Å²) in [5.74, 6) is -1.78. The number of nitrogens with one attached hydrogen (secondary N) is 1. The summed E-state index contributed by atoms with van der Waals surface area (Å²) < 4.78 is 5.51. The molecule has 4 heterocycles. The Bertz CT molecular complexity index is 1200. The molecule has 2 aromatic rings. The van der Waals surface area contributed by atoms with Crippen molar-refractivity contribution in [3.63, 3.8) is 0 Å². The Morgan fingerprint density at radius 2 is 2.22 bits per heavy atom.